The fourth-order valence-electron chi connectivity index (χ4n) is 3.09. The summed E-state index contributed by atoms with van der Waals surface area (Å²) in [7, 11) is 0. The minimum absolute atomic E-state index is 0.0374. The van der Waals surface area contributed by atoms with Gasteiger partial charge in [-0.25, -0.2) is 14.2 Å². The molecule has 0 aliphatic carbocycles. The maximum Gasteiger partial charge on any atom is 0.352 e. The van der Waals surface area contributed by atoms with Gasteiger partial charge in [0.15, 0.2) is 0 Å². The Labute approximate surface area is 173 Å². The van der Waals surface area contributed by atoms with Crippen molar-refractivity contribution >= 4 is 5.97 Å². The lowest BCUT2D eigenvalue weighted by Gasteiger charge is -2.19. The van der Waals surface area contributed by atoms with E-state index in [1.165, 1.54) is 0 Å². The van der Waals surface area contributed by atoms with Crippen LogP contribution in [0.2, 0.25) is 0 Å². The van der Waals surface area contributed by atoms with Gasteiger partial charge >= 0.3 is 11.7 Å². The molecule has 0 saturated heterocycles. The van der Waals surface area contributed by atoms with Crippen LogP contribution in [-0.4, -0.2) is 38.6 Å². The van der Waals surface area contributed by atoms with Crippen LogP contribution < -0.4 is 16.0 Å². The van der Waals surface area contributed by atoms with E-state index in [1.54, 1.807) is 24.3 Å². The zero-order valence-corrected chi connectivity index (χ0v) is 16.8. The van der Waals surface area contributed by atoms with Crippen LogP contribution in [0.15, 0.2) is 64.2 Å². The predicted octanol–water partition coefficient (Wildman–Crippen LogP) is 2.86. The number of nitrogens with one attached hydrogen (secondary N) is 1. The Balaban J connectivity index is 2.02. The minimum Gasteiger partial charge on any atom is -0.477 e. The summed E-state index contributed by atoms with van der Waals surface area (Å²) in [5.41, 5.74) is -1.48. The molecule has 1 aromatic heterocycles. The molecule has 30 heavy (non-hydrogen) atoms. The standard InChI is InChI=1S/C22H23N3O5/c1-3-24(4-2)14-18-19(21(27)28)23-22(29)25(20(18)26)15-10-12-17(13-11-15)30-16-8-6-5-7-9-16/h5-13H,3-4,14H2,1-2H3,(H,23,29)(H,27,28). The van der Waals surface area contributed by atoms with Gasteiger partial charge in [-0.2, -0.15) is 0 Å². The van der Waals surface area contributed by atoms with Crippen molar-refractivity contribution in [2.75, 3.05) is 13.1 Å². The van der Waals surface area contributed by atoms with Crippen LogP contribution in [0.1, 0.15) is 29.9 Å². The van der Waals surface area contributed by atoms with Crippen LogP contribution in [0.5, 0.6) is 11.5 Å². The molecule has 0 radical (unpaired) electrons. The molecule has 0 aliphatic heterocycles. The number of benzene rings is 2. The number of hydrogen-bond acceptors (Lipinski definition) is 5. The number of carboxylic acids is 1. The Hall–Kier alpha value is -3.65. The van der Waals surface area contributed by atoms with Crippen LogP contribution >= 0.6 is 0 Å². The number of rotatable bonds is 8. The molecule has 0 saturated carbocycles. The molecule has 3 aromatic rings. The summed E-state index contributed by atoms with van der Waals surface area (Å²) >= 11 is 0. The monoisotopic (exact) mass is 409 g/mol. The molecule has 0 spiro atoms. The first-order valence-electron chi connectivity index (χ1n) is 9.61. The van der Waals surface area contributed by atoms with E-state index < -0.39 is 17.2 Å². The van der Waals surface area contributed by atoms with E-state index >= 15 is 0 Å². The lowest BCUT2D eigenvalue weighted by molar-refractivity contribution is 0.0686. The molecule has 8 nitrogen and oxygen atoms in total. The summed E-state index contributed by atoms with van der Waals surface area (Å²) in [4.78, 5) is 41.4. The predicted molar refractivity (Wildman–Crippen MR) is 113 cm³/mol. The van der Waals surface area contributed by atoms with Crippen LogP contribution in [0.3, 0.4) is 0 Å². The highest BCUT2D eigenvalue weighted by Gasteiger charge is 2.21. The molecule has 0 unspecified atom stereocenters. The highest BCUT2D eigenvalue weighted by molar-refractivity contribution is 5.86. The minimum atomic E-state index is -1.34. The van der Waals surface area contributed by atoms with Crippen LogP contribution in [-0.2, 0) is 6.54 Å². The molecule has 0 aliphatic rings. The zero-order valence-electron chi connectivity index (χ0n) is 16.8. The lowest BCUT2D eigenvalue weighted by atomic mass is 10.2. The molecule has 8 heteroatoms. The van der Waals surface area contributed by atoms with Gasteiger partial charge in [-0.15, -0.1) is 0 Å². The number of hydrogen-bond donors (Lipinski definition) is 2. The zero-order chi connectivity index (χ0) is 21.7. The number of para-hydroxylation sites is 1. The molecule has 0 atom stereocenters. The Bertz CT molecular complexity index is 1130. The summed E-state index contributed by atoms with van der Waals surface area (Å²) in [5, 5.41) is 9.46. The number of nitrogens with zero attached hydrogens (tertiary/aromatic N) is 2. The van der Waals surface area contributed by atoms with E-state index in [0.717, 1.165) is 4.57 Å². The van der Waals surface area contributed by atoms with Gasteiger partial charge in [-0.3, -0.25) is 9.69 Å². The Morgan fingerprint density at radius 3 is 2.17 bits per heavy atom. The van der Waals surface area contributed by atoms with Crippen molar-refractivity contribution in [3.05, 3.63) is 86.7 Å². The van der Waals surface area contributed by atoms with Gasteiger partial charge in [0.05, 0.1) is 11.3 Å². The number of aromatic carboxylic acids is 1. The largest absolute Gasteiger partial charge is 0.477 e. The third kappa shape index (κ3) is 4.49. The molecule has 0 fully saturated rings. The molecule has 0 amide bonds. The van der Waals surface area contributed by atoms with Gasteiger partial charge in [-0.05, 0) is 49.5 Å². The normalized spacial score (nSPS) is 10.9. The van der Waals surface area contributed by atoms with E-state index in [-0.39, 0.29) is 17.8 Å². The number of carboxylic acid groups (broad SMARTS) is 1. The summed E-state index contributed by atoms with van der Waals surface area (Å²) in [6.45, 7) is 5.23. The Kier molecular flexibility index (Phi) is 6.48. The highest BCUT2D eigenvalue weighted by Crippen LogP contribution is 2.21. The van der Waals surface area contributed by atoms with Gasteiger partial charge in [0, 0.05) is 6.54 Å². The van der Waals surface area contributed by atoms with Crippen molar-refractivity contribution in [1.82, 2.24) is 14.5 Å². The van der Waals surface area contributed by atoms with Crippen molar-refractivity contribution in [3.63, 3.8) is 0 Å². The highest BCUT2D eigenvalue weighted by atomic mass is 16.5. The third-order valence-corrected chi connectivity index (χ3v) is 4.76. The fourth-order valence-corrected chi connectivity index (χ4v) is 3.09. The van der Waals surface area contributed by atoms with Gasteiger partial charge < -0.3 is 14.8 Å². The molecular weight excluding hydrogens is 386 g/mol. The number of H-pyrrole nitrogens is 1. The second kappa shape index (κ2) is 9.23. The van der Waals surface area contributed by atoms with E-state index in [2.05, 4.69) is 4.98 Å². The average Bonchev–Trinajstić information content (AvgIpc) is 2.75. The second-order valence-corrected chi connectivity index (χ2v) is 6.60. The SMILES string of the molecule is CCN(CC)Cc1c(C(=O)O)[nH]c(=O)n(-c2ccc(Oc3ccccc3)cc2)c1=O. The molecule has 2 aromatic carbocycles. The van der Waals surface area contributed by atoms with Gasteiger partial charge in [0.1, 0.15) is 17.2 Å². The maximum atomic E-state index is 13.1. The summed E-state index contributed by atoms with van der Waals surface area (Å²) in [6, 6.07) is 15.7. The van der Waals surface area contributed by atoms with E-state index in [0.29, 0.717) is 30.3 Å². The van der Waals surface area contributed by atoms with Crippen LogP contribution in [0.4, 0.5) is 0 Å². The van der Waals surface area contributed by atoms with Crippen molar-refractivity contribution in [2.45, 2.75) is 20.4 Å². The average molecular weight is 409 g/mol. The topological polar surface area (TPSA) is 105 Å². The first kappa shape index (κ1) is 21.1. The van der Waals surface area contributed by atoms with Crippen molar-refractivity contribution in [3.8, 4) is 17.2 Å². The van der Waals surface area contributed by atoms with E-state index in [1.807, 2.05) is 49.1 Å². The van der Waals surface area contributed by atoms with Crippen molar-refractivity contribution in [2.24, 2.45) is 0 Å². The molecule has 2 N–H and O–H groups in total. The molecule has 0 bridgehead atoms. The third-order valence-electron chi connectivity index (χ3n) is 4.76. The maximum absolute atomic E-state index is 13.1. The first-order chi connectivity index (χ1) is 14.4. The van der Waals surface area contributed by atoms with Gasteiger partial charge in [-0.1, -0.05) is 32.0 Å². The lowest BCUT2D eigenvalue weighted by Crippen LogP contribution is -2.40. The number of aromatic nitrogens is 2. The number of carbonyl (C=O) groups is 1. The quantitative estimate of drug-likeness (QED) is 0.593. The van der Waals surface area contributed by atoms with E-state index in [9.17, 15) is 19.5 Å². The van der Waals surface area contributed by atoms with Gasteiger partial charge in [0.2, 0.25) is 0 Å². The Morgan fingerprint density at radius 2 is 1.60 bits per heavy atom. The molecular formula is C22H23N3O5. The smallest absolute Gasteiger partial charge is 0.352 e. The fraction of sp³-hybridized carbons (Fsp3) is 0.227. The summed E-state index contributed by atoms with van der Waals surface area (Å²) in [5.74, 6) is -0.141. The van der Waals surface area contributed by atoms with Crippen molar-refractivity contribution < 1.29 is 14.6 Å². The summed E-state index contributed by atoms with van der Waals surface area (Å²) < 4.78 is 6.67. The molecule has 156 valence electrons. The van der Waals surface area contributed by atoms with Crippen LogP contribution in [0, 0.1) is 0 Å². The molecule has 1 heterocycles. The Morgan fingerprint density at radius 1 is 1.00 bits per heavy atom. The number of aromatic amines is 1. The van der Waals surface area contributed by atoms with Gasteiger partial charge in [0.25, 0.3) is 5.56 Å². The van der Waals surface area contributed by atoms with Crippen molar-refractivity contribution in [1.29, 1.82) is 0 Å². The second-order valence-electron chi connectivity index (χ2n) is 6.60. The van der Waals surface area contributed by atoms with E-state index in [4.69, 9.17) is 4.74 Å². The van der Waals surface area contributed by atoms with Crippen LogP contribution in [0.25, 0.3) is 5.69 Å². The summed E-state index contributed by atoms with van der Waals surface area (Å²) in [6.07, 6.45) is 0. The first-order valence-corrected chi connectivity index (χ1v) is 9.61. The number of ether oxygens (including phenoxy) is 1. The molecule has 3 rings (SSSR count).